The molecule has 274 valence electrons. The molecule has 2 aromatic heterocycles. The van der Waals surface area contributed by atoms with Crippen molar-refractivity contribution in [3.63, 3.8) is 0 Å². The van der Waals surface area contributed by atoms with Gasteiger partial charge >= 0.3 is 0 Å². The van der Waals surface area contributed by atoms with E-state index < -0.39 is 0 Å². The zero-order valence-electron chi connectivity index (χ0n) is 32.0. The number of hydrogen-bond donors (Lipinski definition) is 0. The number of aromatic nitrogens is 1. The van der Waals surface area contributed by atoms with Crippen LogP contribution in [0.5, 0.6) is 0 Å². The van der Waals surface area contributed by atoms with Crippen molar-refractivity contribution in [2.75, 3.05) is 4.90 Å². The number of nitrogens with zero attached hydrogens (tertiary/aromatic N) is 2. The standard InChI is InChI=1S/C55H38N2O/c1-37-24-28-41(29-25-37)56(43-32-33-44(38-14-4-2-5-15-38)49(36-43)39-16-6-3-7-17-39)52-35-34-45(55-54(52)48-20-10-13-23-53(48)58-55)40-26-30-42(31-27-40)57-50-21-11-8-18-46(50)47-19-9-12-22-51(47)57/h2-36H,1H3. The number of furan rings is 1. The molecule has 9 aromatic carbocycles. The minimum absolute atomic E-state index is 0.862. The maximum absolute atomic E-state index is 6.88. The molecule has 0 aliphatic heterocycles. The molecule has 0 amide bonds. The van der Waals surface area contributed by atoms with E-state index in [-0.39, 0.29) is 0 Å². The normalized spacial score (nSPS) is 11.5. The molecule has 11 aromatic rings. The highest BCUT2D eigenvalue weighted by Gasteiger charge is 2.23. The third kappa shape index (κ3) is 5.59. The smallest absolute Gasteiger partial charge is 0.145 e. The van der Waals surface area contributed by atoms with Gasteiger partial charge in [-0.25, -0.2) is 0 Å². The van der Waals surface area contributed by atoms with E-state index in [0.717, 1.165) is 55.8 Å². The third-order valence-corrected chi connectivity index (χ3v) is 11.5. The largest absolute Gasteiger partial charge is 0.455 e. The highest BCUT2D eigenvalue weighted by molar-refractivity contribution is 6.17. The second kappa shape index (κ2) is 13.8. The van der Waals surface area contributed by atoms with E-state index in [9.17, 15) is 0 Å². The molecule has 0 aliphatic carbocycles. The van der Waals surface area contributed by atoms with E-state index in [0.29, 0.717) is 0 Å². The Morgan fingerprint density at radius 1 is 0.414 bits per heavy atom. The number of anilines is 3. The maximum Gasteiger partial charge on any atom is 0.145 e. The van der Waals surface area contributed by atoms with Crippen molar-refractivity contribution in [2.24, 2.45) is 0 Å². The maximum atomic E-state index is 6.88. The summed E-state index contributed by atoms with van der Waals surface area (Å²) >= 11 is 0. The lowest BCUT2D eigenvalue weighted by atomic mass is 9.93. The average molecular weight is 743 g/mol. The van der Waals surface area contributed by atoms with Crippen LogP contribution >= 0.6 is 0 Å². The van der Waals surface area contributed by atoms with E-state index in [4.69, 9.17) is 4.42 Å². The Balaban J connectivity index is 1.11. The quantitative estimate of drug-likeness (QED) is 0.162. The van der Waals surface area contributed by atoms with Gasteiger partial charge in [-0.05, 0) is 101 Å². The Morgan fingerprint density at radius 2 is 0.948 bits per heavy atom. The van der Waals surface area contributed by atoms with Crippen LogP contribution in [0.3, 0.4) is 0 Å². The predicted octanol–water partition coefficient (Wildman–Crippen LogP) is 15.5. The van der Waals surface area contributed by atoms with Gasteiger partial charge in [0.1, 0.15) is 11.2 Å². The Bertz CT molecular complexity index is 3210. The number of benzene rings is 9. The third-order valence-electron chi connectivity index (χ3n) is 11.5. The summed E-state index contributed by atoms with van der Waals surface area (Å²) in [6.07, 6.45) is 0. The highest BCUT2D eigenvalue weighted by Crippen LogP contribution is 2.47. The second-order valence-corrected chi connectivity index (χ2v) is 15.0. The molecular formula is C55H38N2O. The van der Waals surface area contributed by atoms with E-state index in [1.54, 1.807) is 0 Å². The summed E-state index contributed by atoms with van der Waals surface area (Å²) in [5.74, 6) is 0. The molecule has 0 saturated carbocycles. The van der Waals surface area contributed by atoms with Crippen molar-refractivity contribution in [3.8, 4) is 39.1 Å². The number of fused-ring (bicyclic) bond motifs is 6. The van der Waals surface area contributed by atoms with Crippen LogP contribution in [0, 0.1) is 6.92 Å². The summed E-state index contributed by atoms with van der Waals surface area (Å²) in [4.78, 5) is 2.39. The van der Waals surface area contributed by atoms with Gasteiger partial charge < -0.3 is 13.9 Å². The lowest BCUT2D eigenvalue weighted by Gasteiger charge is -2.28. The van der Waals surface area contributed by atoms with Gasteiger partial charge in [-0.1, -0.05) is 151 Å². The fourth-order valence-corrected chi connectivity index (χ4v) is 8.73. The zero-order valence-corrected chi connectivity index (χ0v) is 32.0. The molecule has 2 heterocycles. The summed E-state index contributed by atoms with van der Waals surface area (Å²) in [5, 5.41) is 4.67. The van der Waals surface area contributed by atoms with Gasteiger partial charge in [0.05, 0.1) is 22.1 Å². The molecule has 0 bridgehead atoms. The first kappa shape index (κ1) is 33.7. The second-order valence-electron chi connectivity index (χ2n) is 15.0. The van der Waals surface area contributed by atoms with Crippen molar-refractivity contribution >= 4 is 60.8 Å². The highest BCUT2D eigenvalue weighted by atomic mass is 16.3. The van der Waals surface area contributed by atoms with E-state index >= 15 is 0 Å². The van der Waals surface area contributed by atoms with Crippen LogP contribution < -0.4 is 4.90 Å². The minimum Gasteiger partial charge on any atom is -0.455 e. The average Bonchev–Trinajstić information content (AvgIpc) is 3.85. The number of hydrogen-bond acceptors (Lipinski definition) is 2. The Kier molecular flexibility index (Phi) is 8.04. The van der Waals surface area contributed by atoms with E-state index in [1.807, 2.05) is 0 Å². The Labute approximate surface area is 337 Å². The van der Waals surface area contributed by atoms with Gasteiger partial charge in [0, 0.05) is 38.8 Å². The van der Waals surface area contributed by atoms with Gasteiger partial charge in [-0.3, -0.25) is 0 Å². The van der Waals surface area contributed by atoms with Gasteiger partial charge in [-0.2, -0.15) is 0 Å². The summed E-state index contributed by atoms with van der Waals surface area (Å²) in [7, 11) is 0. The van der Waals surface area contributed by atoms with Crippen LogP contribution in [0.4, 0.5) is 17.1 Å². The molecule has 0 aliphatic rings. The van der Waals surface area contributed by atoms with Crippen LogP contribution in [0.15, 0.2) is 217 Å². The van der Waals surface area contributed by atoms with Crippen molar-refractivity contribution in [2.45, 2.75) is 6.92 Å². The number of para-hydroxylation sites is 3. The number of aryl methyl sites for hydroxylation is 1. The SMILES string of the molecule is Cc1ccc(N(c2ccc(-c3ccccc3)c(-c3ccccc3)c2)c2ccc(-c3ccc(-n4c5ccccc5c5ccccc54)cc3)c3oc4ccccc4c23)cc1. The molecule has 11 rings (SSSR count). The van der Waals surface area contributed by atoms with Gasteiger partial charge in [0.15, 0.2) is 0 Å². The van der Waals surface area contributed by atoms with Crippen molar-refractivity contribution in [3.05, 3.63) is 218 Å². The first-order chi connectivity index (χ1) is 28.7. The summed E-state index contributed by atoms with van der Waals surface area (Å²) in [6.45, 7) is 2.14. The molecule has 58 heavy (non-hydrogen) atoms. The van der Waals surface area contributed by atoms with Crippen LogP contribution in [-0.4, -0.2) is 4.57 Å². The van der Waals surface area contributed by atoms with Crippen LogP contribution in [-0.2, 0) is 0 Å². The molecule has 0 spiro atoms. The molecule has 0 N–H and O–H groups in total. The van der Waals surface area contributed by atoms with Gasteiger partial charge in [0.2, 0.25) is 0 Å². The van der Waals surface area contributed by atoms with Crippen LogP contribution in [0.1, 0.15) is 5.56 Å². The Morgan fingerprint density at radius 3 is 1.62 bits per heavy atom. The van der Waals surface area contributed by atoms with Crippen LogP contribution in [0.2, 0.25) is 0 Å². The fraction of sp³-hybridized carbons (Fsp3) is 0.0182. The Hall–Kier alpha value is -7.62. The van der Waals surface area contributed by atoms with Crippen molar-refractivity contribution in [1.82, 2.24) is 4.57 Å². The molecule has 0 atom stereocenters. The van der Waals surface area contributed by atoms with Gasteiger partial charge in [-0.15, -0.1) is 0 Å². The monoisotopic (exact) mass is 742 g/mol. The van der Waals surface area contributed by atoms with Crippen LogP contribution in [0.25, 0.3) is 82.8 Å². The van der Waals surface area contributed by atoms with Gasteiger partial charge in [0.25, 0.3) is 0 Å². The van der Waals surface area contributed by atoms with Crippen molar-refractivity contribution < 1.29 is 4.42 Å². The summed E-state index contributed by atoms with van der Waals surface area (Å²) in [5.41, 5.74) is 16.5. The molecule has 0 saturated heterocycles. The molecule has 0 fully saturated rings. The molecule has 3 heteroatoms. The summed E-state index contributed by atoms with van der Waals surface area (Å²) < 4.78 is 9.24. The zero-order chi connectivity index (χ0) is 38.6. The lowest BCUT2D eigenvalue weighted by molar-refractivity contribution is 0.670. The molecule has 3 nitrogen and oxygen atoms in total. The number of rotatable bonds is 7. The van der Waals surface area contributed by atoms with Crippen molar-refractivity contribution in [1.29, 1.82) is 0 Å². The summed E-state index contributed by atoms with van der Waals surface area (Å²) in [6, 6.07) is 76.2. The van der Waals surface area contributed by atoms with E-state index in [1.165, 1.54) is 49.6 Å². The fourth-order valence-electron chi connectivity index (χ4n) is 8.73. The van der Waals surface area contributed by atoms with E-state index in [2.05, 4.69) is 229 Å². The lowest BCUT2D eigenvalue weighted by Crippen LogP contribution is -2.11. The first-order valence-electron chi connectivity index (χ1n) is 19.8. The topological polar surface area (TPSA) is 21.3 Å². The minimum atomic E-state index is 0.862. The molecule has 0 radical (unpaired) electrons. The predicted molar refractivity (Wildman–Crippen MR) is 244 cm³/mol. The molecular weight excluding hydrogens is 705 g/mol. The first-order valence-corrected chi connectivity index (χ1v) is 19.8. The molecule has 0 unspecified atom stereocenters.